The molecular weight excluding hydrogens is 438 g/mol. The van der Waals surface area contributed by atoms with Gasteiger partial charge >= 0.3 is 0 Å². The maximum atomic E-state index is 13.9. The minimum atomic E-state index is -3.79. The molecule has 3 heterocycles. The monoisotopic (exact) mass is 460 g/mol. The fraction of sp³-hybridized carbons (Fsp3) is 0.286. The Labute approximate surface area is 185 Å². The first-order valence-corrected chi connectivity index (χ1v) is 11.6. The summed E-state index contributed by atoms with van der Waals surface area (Å²) in [5.41, 5.74) is -0.177. The van der Waals surface area contributed by atoms with E-state index in [-0.39, 0.29) is 18.7 Å². The molecule has 0 unspecified atom stereocenters. The van der Waals surface area contributed by atoms with Gasteiger partial charge in [-0.15, -0.1) is 0 Å². The van der Waals surface area contributed by atoms with Crippen LogP contribution in [0.4, 0.5) is 26.2 Å². The maximum absolute atomic E-state index is 13.9. The second kappa shape index (κ2) is 9.13. The fourth-order valence-corrected chi connectivity index (χ4v) is 5.00. The molecule has 0 amide bonds. The van der Waals surface area contributed by atoms with E-state index in [1.165, 1.54) is 4.31 Å². The Morgan fingerprint density at radius 1 is 1.00 bits per heavy atom. The molecule has 168 valence electrons. The number of hydrogen-bond acceptors (Lipinski definition) is 7. The predicted molar refractivity (Wildman–Crippen MR) is 117 cm³/mol. The molecule has 1 aromatic carbocycles. The molecule has 4 rings (SSSR count). The number of sulfonamides is 1. The van der Waals surface area contributed by atoms with Gasteiger partial charge in [-0.2, -0.15) is 4.31 Å². The van der Waals surface area contributed by atoms with Crippen molar-refractivity contribution in [2.24, 2.45) is 0 Å². The number of rotatable bonds is 6. The van der Waals surface area contributed by atoms with Gasteiger partial charge in [0, 0.05) is 44.0 Å². The predicted octanol–water partition coefficient (Wildman–Crippen LogP) is 2.85. The van der Waals surface area contributed by atoms with Gasteiger partial charge in [0.15, 0.2) is 0 Å². The molecule has 0 saturated carbocycles. The number of nitrogens with zero attached hydrogens (tertiary/aromatic N) is 5. The molecule has 1 aliphatic rings. The summed E-state index contributed by atoms with van der Waals surface area (Å²) in [7, 11) is -3.79. The quantitative estimate of drug-likeness (QED) is 0.605. The van der Waals surface area contributed by atoms with Gasteiger partial charge in [0.1, 0.15) is 34.9 Å². The summed E-state index contributed by atoms with van der Waals surface area (Å²) in [4.78, 5) is 15.0. The smallest absolute Gasteiger partial charge is 0.218 e. The van der Waals surface area contributed by atoms with E-state index in [1.54, 1.807) is 19.2 Å². The lowest BCUT2D eigenvalue weighted by molar-refractivity contribution is 0.382. The largest absolute Gasteiger partial charge is 0.354 e. The summed E-state index contributed by atoms with van der Waals surface area (Å²) in [6.07, 6.45) is 1.67. The second-order valence-corrected chi connectivity index (χ2v) is 9.35. The van der Waals surface area contributed by atoms with E-state index in [4.69, 9.17) is 0 Å². The van der Waals surface area contributed by atoms with Gasteiger partial charge in [-0.1, -0.05) is 6.07 Å². The van der Waals surface area contributed by atoms with Crippen molar-refractivity contribution in [3.8, 4) is 0 Å². The highest BCUT2D eigenvalue weighted by Crippen LogP contribution is 2.22. The summed E-state index contributed by atoms with van der Waals surface area (Å²) < 4.78 is 54.1. The highest BCUT2D eigenvalue weighted by molar-refractivity contribution is 7.88. The van der Waals surface area contributed by atoms with E-state index in [9.17, 15) is 17.2 Å². The molecule has 0 bridgehead atoms. The molecule has 8 nitrogen and oxygen atoms in total. The number of benzene rings is 1. The van der Waals surface area contributed by atoms with Gasteiger partial charge in [-0.05, 0) is 37.3 Å². The van der Waals surface area contributed by atoms with Crippen LogP contribution in [0.1, 0.15) is 11.4 Å². The average Bonchev–Trinajstić information content (AvgIpc) is 2.76. The van der Waals surface area contributed by atoms with Crippen LogP contribution in [0.25, 0.3) is 0 Å². The van der Waals surface area contributed by atoms with Crippen LogP contribution in [0, 0.1) is 18.6 Å². The first-order valence-electron chi connectivity index (χ1n) is 10.0. The van der Waals surface area contributed by atoms with Gasteiger partial charge in [0.05, 0.1) is 5.75 Å². The van der Waals surface area contributed by atoms with Crippen molar-refractivity contribution in [2.75, 3.05) is 36.4 Å². The van der Waals surface area contributed by atoms with Crippen LogP contribution < -0.4 is 10.2 Å². The minimum absolute atomic E-state index is 0.177. The molecule has 3 aromatic rings. The standard InChI is InChI=1S/C21H22F2N6O2S/c1-15-25-20(27-19-4-2-3-7-24-19)13-21(26-15)28-8-10-29(11-9-28)32(30,31)14-16-12-17(22)5-6-18(16)23/h2-7,12-13H,8-11,14H2,1H3,(H,24,25,26,27). The molecule has 0 aliphatic carbocycles. The normalized spacial score (nSPS) is 15.0. The first-order chi connectivity index (χ1) is 15.3. The maximum Gasteiger partial charge on any atom is 0.218 e. The highest BCUT2D eigenvalue weighted by atomic mass is 32.2. The number of piperazine rings is 1. The van der Waals surface area contributed by atoms with Crippen LogP contribution in [0.3, 0.4) is 0 Å². The number of hydrogen-bond donors (Lipinski definition) is 1. The molecule has 2 aromatic heterocycles. The van der Waals surface area contributed by atoms with Crippen LogP contribution in [-0.2, 0) is 15.8 Å². The van der Waals surface area contributed by atoms with E-state index in [1.807, 2.05) is 23.1 Å². The van der Waals surface area contributed by atoms with Crippen molar-refractivity contribution in [2.45, 2.75) is 12.7 Å². The Kier molecular flexibility index (Phi) is 6.28. The van der Waals surface area contributed by atoms with Crippen LogP contribution in [0.5, 0.6) is 0 Å². The molecule has 1 fully saturated rings. The summed E-state index contributed by atoms with van der Waals surface area (Å²) in [6.45, 7) is 3.02. The molecule has 11 heteroatoms. The Bertz CT molecular complexity index is 1200. The Morgan fingerprint density at radius 3 is 2.50 bits per heavy atom. The number of anilines is 3. The fourth-order valence-electron chi connectivity index (χ4n) is 3.48. The van der Waals surface area contributed by atoms with Crippen molar-refractivity contribution in [3.05, 3.63) is 71.7 Å². The number of halogens is 2. The summed E-state index contributed by atoms with van der Waals surface area (Å²) in [5.74, 6) is 0.483. The average molecular weight is 461 g/mol. The van der Waals surface area contributed by atoms with Crippen molar-refractivity contribution in [1.82, 2.24) is 19.3 Å². The number of pyridine rings is 1. The Morgan fingerprint density at radius 2 is 1.78 bits per heavy atom. The van der Waals surface area contributed by atoms with Gasteiger partial charge < -0.3 is 10.2 Å². The lowest BCUT2D eigenvalue weighted by atomic mass is 10.2. The lowest BCUT2D eigenvalue weighted by Gasteiger charge is -2.34. The molecule has 32 heavy (non-hydrogen) atoms. The SMILES string of the molecule is Cc1nc(Nc2ccccn2)cc(N2CCN(S(=O)(=O)Cc3cc(F)ccc3F)CC2)n1. The summed E-state index contributed by atoms with van der Waals surface area (Å²) in [5, 5.41) is 3.13. The zero-order valence-electron chi connectivity index (χ0n) is 17.4. The van der Waals surface area contributed by atoms with Gasteiger partial charge in [-0.3, -0.25) is 0 Å². The Balaban J connectivity index is 1.43. The molecule has 0 radical (unpaired) electrons. The Hall–Kier alpha value is -3.18. The first kappa shape index (κ1) is 22.0. The number of nitrogens with one attached hydrogen (secondary N) is 1. The zero-order valence-corrected chi connectivity index (χ0v) is 18.2. The van der Waals surface area contributed by atoms with E-state index in [0.717, 1.165) is 18.2 Å². The zero-order chi connectivity index (χ0) is 22.7. The van der Waals surface area contributed by atoms with E-state index < -0.39 is 27.4 Å². The molecule has 1 saturated heterocycles. The minimum Gasteiger partial charge on any atom is -0.354 e. The summed E-state index contributed by atoms with van der Waals surface area (Å²) >= 11 is 0. The molecule has 1 aliphatic heterocycles. The van der Waals surface area contributed by atoms with Crippen molar-refractivity contribution >= 4 is 27.5 Å². The summed E-state index contributed by atoms with van der Waals surface area (Å²) in [6, 6.07) is 10.1. The van der Waals surface area contributed by atoms with Crippen LogP contribution in [-0.4, -0.2) is 53.9 Å². The third kappa shape index (κ3) is 5.17. The molecular formula is C21H22F2N6O2S. The molecule has 1 N–H and O–H groups in total. The van der Waals surface area contributed by atoms with Crippen LogP contribution in [0.2, 0.25) is 0 Å². The molecule has 0 spiro atoms. The van der Waals surface area contributed by atoms with E-state index in [0.29, 0.717) is 36.4 Å². The topological polar surface area (TPSA) is 91.3 Å². The van der Waals surface area contributed by atoms with Crippen molar-refractivity contribution in [3.63, 3.8) is 0 Å². The second-order valence-electron chi connectivity index (χ2n) is 7.38. The number of aryl methyl sites for hydroxylation is 1. The molecule has 0 atom stereocenters. The van der Waals surface area contributed by atoms with E-state index in [2.05, 4.69) is 20.3 Å². The van der Waals surface area contributed by atoms with Crippen LogP contribution in [0.15, 0.2) is 48.7 Å². The van der Waals surface area contributed by atoms with Crippen molar-refractivity contribution < 1.29 is 17.2 Å². The van der Waals surface area contributed by atoms with Gasteiger partial charge in [-0.25, -0.2) is 32.2 Å². The highest BCUT2D eigenvalue weighted by Gasteiger charge is 2.29. The third-order valence-corrected chi connectivity index (χ3v) is 6.87. The van der Waals surface area contributed by atoms with Crippen molar-refractivity contribution in [1.29, 1.82) is 0 Å². The van der Waals surface area contributed by atoms with Gasteiger partial charge in [0.2, 0.25) is 10.0 Å². The number of aromatic nitrogens is 3. The lowest BCUT2D eigenvalue weighted by Crippen LogP contribution is -2.49. The van der Waals surface area contributed by atoms with E-state index >= 15 is 0 Å². The van der Waals surface area contributed by atoms with Gasteiger partial charge in [0.25, 0.3) is 0 Å². The third-order valence-electron chi connectivity index (χ3n) is 5.05. The van der Waals surface area contributed by atoms with Crippen LogP contribution >= 0.6 is 0 Å².